The van der Waals surface area contributed by atoms with E-state index in [1.54, 1.807) is 7.11 Å². The van der Waals surface area contributed by atoms with Crippen molar-refractivity contribution in [3.05, 3.63) is 23.8 Å². The summed E-state index contributed by atoms with van der Waals surface area (Å²) in [4.78, 5) is 0. The first-order chi connectivity index (χ1) is 10.2. The number of methoxy groups -OCH3 is 1. The molecule has 1 rings (SSSR count). The van der Waals surface area contributed by atoms with Crippen molar-refractivity contribution in [1.82, 2.24) is 5.32 Å². The Balaban J connectivity index is 2.78. The van der Waals surface area contributed by atoms with Crippen LogP contribution in [0.2, 0.25) is 0 Å². The molecule has 0 aliphatic rings. The lowest BCUT2D eigenvalue weighted by atomic mass is 10.2. The van der Waals surface area contributed by atoms with Gasteiger partial charge in [-0.25, -0.2) is 0 Å². The van der Waals surface area contributed by atoms with Crippen LogP contribution in [0.25, 0.3) is 0 Å². The molecule has 4 nitrogen and oxygen atoms in total. The predicted molar refractivity (Wildman–Crippen MR) is 86.2 cm³/mol. The van der Waals surface area contributed by atoms with Crippen LogP contribution in [0.4, 0.5) is 0 Å². The van der Waals surface area contributed by atoms with Gasteiger partial charge >= 0.3 is 0 Å². The van der Waals surface area contributed by atoms with Gasteiger partial charge in [0.15, 0.2) is 0 Å². The van der Waals surface area contributed by atoms with Gasteiger partial charge in [0.2, 0.25) is 0 Å². The van der Waals surface area contributed by atoms with Crippen LogP contribution in [-0.2, 0) is 11.3 Å². The molecule has 0 heterocycles. The Morgan fingerprint density at radius 1 is 1.19 bits per heavy atom. The molecular weight excluding hydrogens is 266 g/mol. The minimum absolute atomic E-state index is 0.0151. The van der Waals surface area contributed by atoms with Gasteiger partial charge in [0.25, 0.3) is 0 Å². The molecule has 0 fully saturated rings. The molecule has 120 valence electrons. The van der Waals surface area contributed by atoms with Gasteiger partial charge < -0.3 is 19.5 Å². The topological polar surface area (TPSA) is 39.7 Å². The summed E-state index contributed by atoms with van der Waals surface area (Å²) in [6.07, 6.45) is 2.13. The summed E-state index contributed by atoms with van der Waals surface area (Å²) in [7, 11) is 1.68. The smallest absolute Gasteiger partial charge is 0.128 e. The predicted octanol–water partition coefficient (Wildman–Crippen LogP) is 3.39. The van der Waals surface area contributed by atoms with Crippen LogP contribution in [0, 0.1) is 0 Å². The third kappa shape index (κ3) is 6.82. The summed E-state index contributed by atoms with van der Waals surface area (Å²) in [5.74, 6) is 1.73. The molecule has 0 radical (unpaired) electrons. The van der Waals surface area contributed by atoms with E-state index in [9.17, 15) is 0 Å². The Morgan fingerprint density at radius 2 is 2.00 bits per heavy atom. The number of hydrogen-bond donors (Lipinski definition) is 1. The molecule has 0 amide bonds. The molecule has 0 aromatic heterocycles. The fourth-order valence-electron chi connectivity index (χ4n) is 1.99. The van der Waals surface area contributed by atoms with Gasteiger partial charge in [-0.1, -0.05) is 19.9 Å². The molecule has 0 aliphatic heterocycles. The monoisotopic (exact) mass is 295 g/mol. The number of benzene rings is 1. The van der Waals surface area contributed by atoms with Crippen molar-refractivity contribution in [2.24, 2.45) is 0 Å². The van der Waals surface area contributed by atoms with E-state index in [1.807, 2.05) is 19.1 Å². The molecule has 0 bridgehead atoms. The average molecular weight is 295 g/mol. The second kappa shape index (κ2) is 10.5. The van der Waals surface area contributed by atoms with Gasteiger partial charge in [0.1, 0.15) is 17.6 Å². The molecule has 21 heavy (non-hydrogen) atoms. The van der Waals surface area contributed by atoms with Crippen molar-refractivity contribution in [1.29, 1.82) is 0 Å². The highest BCUT2D eigenvalue weighted by Crippen LogP contribution is 2.26. The fraction of sp³-hybridized carbons (Fsp3) is 0.647. The van der Waals surface area contributed by atoms with Crippen LogP contribution in [0.3, 0.4) is 0 Å². The maximum absolute atomic E-state index is 5.99. The molecular formula is C17H29NO3. The van der Waals surface area contributed by atoms with E-state index in [-0.39, 0.29) is 6.10 Å². The summed E-state index contributed by atoms with van der Waals surface area (Å²) in [6, 6.07) is 6.06. The Bertz CT molecular complexity index is 396. The van der Waals surface area contributed by atoms with Crippen molar-refractivity contribution in [3.63, 3.8) is 0 Å². The van der Waals surface area contributed by atoms with E-state index in [0.29, 0.717) is 6.61 Å². The first-order valence-electron chi connectivity index (χ1n) is 7.83. The number of nitrogens with one attached hydrogen (secondary N) is 1. The highest BCUT2D eigenvalue weighted by Gasteiger charge is 2.10. The van der Waals surface area contributed by atoms with Crippen LogP contribution in [0.1, 0.15) is 39.2 Å². The van der Waals surface area contributed by atoms with Crippen molar-refractivity contribution >= 4 is 0 Å². The maximum Gasteiger partial charge on any atom is 0.128 e. The number of hydrogen-bond acceptors (Lipinski definition) is 4. The molecule has 1 N–H and O–H groups in total. The Kier molecular flexibility index (Phi) is 8.87. The first-order valence-corrected chi connectivity index (χ1v) is 7.83. The van der Waals surface area contributed by atoms with E-state index in [0.717, 1.165) is 49.6 Å². The normalized spacial score (nSPS) is 12.2. The number of rotatable bonds is 11. The second-order valence-corrected chi connectivity index (χ2v) is 5.18. The minimum Gasteiger partial charge on any atom is -0.493 e. The molecule has 1 aromatic carbocycles. The Morgan fingerprint density at radius 3 is 2.67 bits per heavy atom. The molecule has 1 atom stereocenters. The first kappa shape index (κ1) is 17.8. The van der Waals surface area contributed by atoms with Gasteiger partial charge in [0, 0.05) is 25.3 Å². The van der Waals surface area contributed by atoms with Gasteiger partial charge in [-0.2, -0.15) is 0 Å². The molecule has 1 unspecified atom stereocenters. The van der Waals surface area contributed by atoms with E-state index >= 15 is 0 Å². The zero-order chi connectivity index (χ0) is 15.5. The summed E-state index contributed by atoms with van der Waals surface area (Å²) in [5, 5.41) is 3.41. The van der Waals surface area contributed by atoms with E-state index in [2.05, 4.69) is 25.2 Å². The quantitative estimate of drug-likeness (QED) is 0.635. The SMILES string of the molecule is CCCNCc1ccc(OCCC)cc1OC(C)COC. The van der Waals surface area contributed by atoms with Crippen molar-refractivity contribution in [3.8, 4) is 11.5 Å². The lowest BCUT2D eigenvalue weighted by molar-refractivity contribution is 0.0911. The van der Waals surface area contributed by atoms with E-state index in [1.165, 1.54) is 0 Å². The lowest BCUT2D eigenvalue weighted by Gasteiger charge is -2.18. The Hall–Kier alpha value is -1.26. The standard InChI is InChI=1S/C17H29NO3/c1-5-9-18-12-15-7-8-16(20-10-6-2)11-17(15)21-14(3)13-19-4/h7-8,11,14,18H,5-6,9-10,12-13H2,1-4H3. The molecule has 1 aromatic rings. The zero-order valence-electron chi connectivity index (χ0n) is 13.8. The average Bonchev–Trinajstić information content (AvgIpc) is 2.47. The van der Waals surface area contributed by atoms with Crippen molar-refractivity contribution in [2.45, 2.75) is 46.3 Å². The Labute approximate surface area is 128 Å². The highest BCUT2D eigenvalue weighted by molar-refractivity contribution is 5.41. The van der Waals surface area contributed by atoms with Gasteiger partial charge in [-0.15, -0.1) is 0 Å². The van der Waals surface area contributed by atoms with Gasteiger partial charge in [0.05, 0.1) is 13.2 Å². The summed E-state index contributed by atoms with van der Waals surface area (Å²) >= 11 is 0. The molecule has 0 spiro atoms. The van der Waals surface area contributed by atoms with Crippen LogP contribution >= 0.6 is 0 Å². The van der Waals surface area contributed by atoms with E-state index in [4.69, 9.17) is 14.2 Å². The van der Waals surface area contributed by atoms with Gasteiger partial charge in [-0.05, 0) is 32.4 Å². The van der Waals surface area contributed by atoms with E-state index < -0.39 is 0 Å². The third-order valence-corrected chi connectivity index (χ3v) is 2.98. The lowest BCUT2D eigenvalue weighted by Crippen LogP contribution is -2.20. The molecule has 4 heteroatoms. The third-order valence-electron chi connectivity index (χ3n) is 2.98. The van der Waals surface area contributed by atoms with Crippen molar-refractivity contribution in [2.75, 3.05) is 26.9 Å². The molecule has 0 saturated carbocycles. The minimum atomic E-state index is 0.0151. The fourth-order valence-corrected chi connectivity index (χ4v) is 1.99. The highest BCUT2D eigenvalue weighted by atomic mass is 16.5. The summed E-state index contributed by atoms with van der Waals surface area (Å²) in [6.45, 7) is 9.36. The van der Waals surface area contributed by atoms with Crippen LogP contribution in [0.5, 0.6) is 11.5 Å². The maximum atomic E-state index is 5.99. The van der Waals surface area contributed by atoms with Crippen molar-refractivity contribution < 1.29 is 14.2 Å². The van der Waals surface area contributed by atoms with Crippen LogP contribution < -0.4 is 14.8 Å². The molecule has 0 saturated heterocycles. The van der Waals surface area contributed by atoms with Crippen LogP contribution in [0.15, 0.2) is 18.2 Å². The number of ether oxygens (including phenoxy) is 3. The summed E-state index contributed by atoms with van der Waals surface area (Å²) in [5.41, 5.74) is 1.15. The van der Waals surface area contributed by atoms with Gasteiger partial charge in [-0.3, -0.25) is 0 Å². The molecule has 0 aliphatic carbocycles. The summed E-state index contributed by atoms with van der Waals surface area (Å²) < 4.78 is 16.8. The largest absolute Gasteiger partial charge is 0.493 e. The van der Waals surface area contributed by atoms with Crippen LogP contribution in [-0.4, -0.2) is 33.0 Å². The zero-order valence-corrected chi connectivity index (χ0v) is 13.8. The second-order valence-electron chi connectivity index (χ2n) is 5.18.